The molecule has 0 unspecified atom stereocenters. The van der Waals surface area contributed by atoms with Crippen LogP contribution in [0.4, 0.5) is 14.9 Å². The van der Waals surface area contributed by atoms with E-state index in [1.807, 2.05) is 52.8 Å². The SMILES string of the molecule is CC(=O)Oc1nc2c(cc1Cc1ccc(F)cc1CCCO[Si](c1ccccc1)(c1ccccc1)C(C)(C)C)N(C(=O)OC(C)(C)C)CC2(C)C. The topological polar surface area (TPSA) is 78.0 Å². The molecule has 51 heavy (non-hydrogen) atoms. The van der Waals surface area contributed by atoms with E-state index in [9.17, 15) is 14.0 Å². The molecule has 4 aromatic rings. The van der Waals surface area contributed by atoms with E-state index < -0.39 is 31.4 Å². The van der Waals surface area contributed by atoms with Crippen LogP contribution >= 0.6 is 0 Å². The van der Waals surface area contributed by atoms with Crippen molar-refractivity contribution < 1.29 is 27.9 Å². The number of halogens is 1. The number of fused-ring (bicyclic) bond motifs is 1. The molecule has 0 fully saturated rings. The molecule has 7 nitrogen and oxygen atoms in total. The molecule has 1 amide bonds. The molecule has 0 aliphatic carbocycles. The van der Waals surface area contributed by atoms with Crippen molar-refractivity contribution in [2.24, 2.45) is 0 Å². The summed E-state index contributed by atoms with van der Waals surface area (Å²) in [5, 5.41) is 2.26. The molecular weight excluding hydrogens is 660 g/mol. The van der Waals surface area contributed by atoms with E-state index in [2.05, 4.69) is 69.3 Å². The highest BCUT2D eigenvalue weighted by Crippen LogP contribution is 2.43. The lowest BCUT2D eigenvalue weighted by Gasteiger charge is -2.43. The van der Waals surface area contributed by atoms with Gasteiger partial charge in [0.25, 0.3) is 8.32 Å². The van der Waals surface area contributed by atoms with Gasteiger partial charge in [0.05, 0.1) is 11.4 Å². The smallest absolute Gasteiger partial charge is 0.414 e. The van der Waals surface area contributed by atoms with Gasteiger partial charge in [0.15, 0.2) is 0 Å². The van der Waals surface area contributed by atoms with Crippen LogP contribution in [0.3, 0.4) is 0 Å². The quantitative estimate of drug-likeness (QED) is 0.0937. The van der Waals surface area contributed by atoms with Gasteiger partial charge in [0, 0.05) is 37.5 Å². The zero-order valence-electron chi connectivity index (χ0n) is 31.4. The molecular formula is C42H51FN2O5Si. The molecule has 1 aliphatic rings. The Morgan fingerprint density at radius 2 is 1.47 bits per heavy atom. The van der Waals surface area contributed by atoms with Crippen LogP contribution in [0.1, 0.15) is 91.1 Å². The number of pyridine rings is 1. The highest BCUT2D eigenvalue weighted by molar-refractivity contribution is 6.99. The number of ether oxygens (including phenoxy) is 2. The maximum atomic E-state index is 14.8. The number of rotatable bonds is 10. The Labute approximate surface area is 303 Å². The minimum atomic E-state index is -2.72. The van der Waals surface area contributed by atoms with Gasteiger partial charge < -0.3 is 13.9 Å². The van der Waals surface area contributed by atoms with E-state index in [1.54, 1.807) is 17.0 Å². The number of nitrogens with zero attached hydrogens (tertiary/aromatic N) is 2. The third-order valence-electron chi connectivity index (χ3n) is 9.26. The van der Waals surface area contributed by atoms with Crippen molar-refractivity contribution in [2.45, 2.75) is 97.6 Å². The number of anilines is 1. The number of esters is 1. The fourth-order valence-electron chi connectivity index (χ4n) is 7.07. The van der Waals surface area contributed by atoms with Crippen molar-refractivity contribution >= 4 is 36.4 Å². The predicted molar refractivity (Wildman–Crippen MR) is 203 cm³/mol. The molecule has 270 valence electrons. The second kappa shape index (κ2) is 14.7. The fourth-order valence-corrected chi connectivity index (χ4v) is 11.7. The highest BCUT2D eigenvalue weighted by Gasteiger charge is 2.50. The first kappa shape index (κ1) is 37.9. The van der Waals surface area contributed by atoms with E-state index in [1.165, 1.54) is 23.4 Å². The summed E-state index contributed by atoms with van der Waals surface area (Å²) < 4.78 is 33.3. The molecule has 5 rings (SSSR count). The van der Waals surface area contributed by atoms with E-state index in [0.29, 0.717) is 49.4 Å². The lowest BCUT2D eigenvalue weighted by atomic mass is 9.90. The van der Waals surface area contributed by atoms with Crippen LogP contribution in [-0.2, 0) is 32.2 Å². The minimum absolute atomic E-state index is 0.158. The number of aromatic nitrogens is 1. The number of amides is 1. The Hall–Kier alpha value is -4.34. The van der Waals surface area contributed by atoms with Gasteiger partial charge in [-0.25, -0.2) is 14.2 Å². The van der Waals surface area contributed by atoms with Crippen molar-refractivity contribution in [1.82, 2.24) is 4.98 Å². The largest absolute Gasteiger partial charge is 0.443 e. The molecule has 2 heterocycles. The minimum Gasteiger partial charge on any atom is -0.443 e. The van der Waals surface area contributed by atoms with Crippen LogP contribution < -0.4 is 20.0 Å². The summed E-state index contributed by atoms with van der Waals surface area (Å²) in [5.41, 5.74) is 2.40. The van der Waals surface area contributed by atoms with Gasteiger partial charge >= 0.3 is 12.1 Å². The molecule has 0 spiro atoms. The molecule has 0 bridgehead atoms. The fraction of sp³-hybridized carbons (Fsp3) is 0.405. The van der Waals surface area contributed by atoms with Gasteiger partial charge in [-0.05, 0) is 78.4 Å². The zero-order valence-corrected chi connectivity index (χ0v) is 32.4. The van der Waals surface area contributed by atoms with Crippen LogP contribution in [0, 0.1) is 5.82 Å². The highest BCUT2D eigenvalue weighted by atomic mass is 28.4. The number of hydrogen-bond acceptors (Lipinski definition) is 6. The van der Waals surface area contributed by atoms with Gasteiger partial charge in [-0.1, -0.05) is 101 Å². The Morgan fingerprint density at radius 3 is 2.02 bits per heavy atom. The summed E-state index contributed by atoms with van der Waals surface area (Å²) in [5.74, 6) is -0.638. The molecule has 1 aromatic heterocycles. The van der Waals surface area contributed by atoms with Crippen LogP contribution in [0.5, 0.6) is 5.88 Å². The number of carbonyl (C=O) groups is 2. The summed E-state index contributed by atoms with van der Waals surface area (Å²) in [6, 6.07) is 27.7. The van der Waals surface area contributed by atoms with Gasteiger partial charge in [-0.15, -0.1) is 0 Å². The summed E-state index contributed by atoms with van der Waals surface area (Å²) >= 11 is 0. The maximum Gasteiger partial charge on any atom is 0.414 e. The summed E-state index contributed by atoms with van der Waals surface area (Å²) in [7, 11) is -2.72. The third kappa shape index (κ3) is 8.42. The lowest BCUT2D eigenvalue weighted by molar-refractivity contribution is -0.132. The standard InChI is InChI=1S/C42H51FN2O5Si/c1-29(46)49-38-32(27-36-37(44-38)42(8,9)28-45(36)39(47)50-40(2,3)4)25-31-22-23-33(43)26-30(31)17-16-24-48-51(41(5,6)7,34-18-12-10-13-19-34)35-20-14-11-15-21-35/h10-15,18-23,26-27H,16-17,24-25,28H2,1-9H3. The van der Waals surface area contributed by atoms with E-state index >= 15 is 0 Å². The summed E-state index contributed by atoms with van der Waals surface area (Å²) in [6.07, 6.45) is 1.09. The second-order valence-electron chi connectivity index (χ2n) is 16.1. The molecule has 3 aromatic carbocycles. The van der Waals surface area contributed by atoms with Crippen molar-refractivity contribution in [1.29, 1.82) is 0 Å². The Morgan fingerprint density at radius 1 is 0.863 bits per heavy atom. The Bertz CT molecular complexity index is 1830. The van der Waals surface area contributed by atoms with Crippen molar-refractivity contribution in [3.63, 3.8) is 0 Å². The number of carbonyl (C=O) groups excluding carboxylic acids is 2. The second-order valence-corrected chi connectivity index (χ2v) is 20.4. The van der Waals surface area contributed by atoms with E-state index in [4.69, 9.17) is 18.9 Å². The predicted octanol–water partition coefficient (Wildman–Crippen LogP) is 8.28. The van der Waals surface area contributed by atoms with E-state index in [0.717, 1.165) is 11.1 Å². The van der Waals surface area contributed by atoms with Gasteiger partial charge in [0.1, 0.15) is 11.4 Å². The lowest BCUT2D eigenvalue weighted by Crippen LogP contribution is -2.66. The Kier molecular flexibility index (Phi) is 10.9. The van der Waals surface area contributed by atoms with Crippen LogP contribution in [-0.4, -0.2) is 44.1 Å². The van der Waals surface area contributed by atoms with Crippen molar-refractivity contribution in [3.05, 3.63) is 113 Å². The molecule has 0 saturated heterocycles. The van der Waals surface area contributed by atoms with Crippen molar-refractivity contribution in [3.8, 4) is 5.88 Å². The molecule has 1 aliphatic heterocycles. The molecule has 0 radical (unpaired) electrons. The molecule has 0 atom stereocenters. The first-order valence-electron chi connectivity index (χ1n) is 17.7. The summed E-state index contributed by atoms with van der Waals surface area (Å²) in [6.45, 7) is 18.4. The Balaban J connectivity index is 1.45. The molecule has 9 heteroatoms. The third-order valence-corrected chi connectivity index (χ3v) is 14.3. The van der Waals surface area contributed by atoms with Gasteiger partial charge in [0.2, 0.25) is 5.88 Å². The number of aryl methyl sites for hydroxylation is 1. The van der Waals surface area contributed by atoms with Gasteiger partial charge in [-0.2, -0.15) is 0 Å². The molecule has 0 N–H and O–H groups in total. The zero-order chi connectivity index (χ0) is 37.2. The summed E-state index contributed by atoms with van der Waals surface area (Å²) in [4.78, 5) is 32.0. The normalized spacial score (nSPS) is 14.3. The monoisotopic (exact) mass is 710 g/mol. The van der Waals surface area contributed by atoms with Gasteiger partial charge in [-0.3, -0.25) is 9.69 Å². The van der Waals surface area contributed by atoms with Crippen molar-refractivity contribution in [2.75, 3.05) is 18.1 Å². The van der Waals surface area contributed by atoms with Crippen LogP contribution in [0.2, 0.25) is 5.04 Å². The molecule has 0 saturated carbocycles. The first-order chi connectivity index (χ1) is 23.9. The average Bonchev–Trinajstić information content (AvgIpc) is 3.31. The number of benzene rings is 3. The average molecular weight is 711 g/mol. The number of hydrogen-bond donors (Lipinski definition) is 0. The maximum absolute atomic E-state index is 14.8. The van der Waals surface area contributed by atoms with Crippen LogP contribution in [0.25, 0.3) is 0 Å². The first-order valence-corrected chi connectivity index (χ1v) is 19.6. The van der Waals surface area contributed by atoms with Crippen LogP contribution in [0.15, 0.2) is 84.9 Å². The van der Waals surface area contributed by atoms with E-state index in [-0.39, 0.29) is 16.7 Å².